The molecule has 0 aliphatic carbocycles. The number of amides is 1. The molecule has 6 heteroatoms. The van der Waals surface area contributed by atoms with Gasteiger partial charge in [-0.2, -0.15) is 5.10 Å². The van der Waals surface area contributed by atoms with Gasteiger partial charge in [-0.3, -0.25) is 9.59 Å². The Morgan fingerprint density at radius 3 is 2.42 bits per heavy atom. The zero-order valence-electron chi connectivity index (χ0n) is 14.7. The maximum atomic E-state index is 12.2. The van der Waals surface area contributed by atoms with E-state index in [1.807, 2.05) is 41.9 Å². The van der Waals surface area contributed by atoms with E-state index in [-0.39, 0.29) is 18.2 Å². The SMILES string of the molecule is CC(=O)c1ccccc1NC(=O)CNc1cnn(-c2ccccc2)c1C. The maximum absolute atomic E-state index is 12.2. The summed E-state index contributed by atoms with van der Waals surface area (Å²) >= 11 is 0. The molecule has 0 saturated heterocycles. The van der Waals surface area contributed by atoms with Crippen LogP contribution in [0.1, 0.15) is 23.0 Å². The van der Waals surface area contributed by atoms with E-state index in [4.69, 9.17) is 0 Å². The lowest BCUT2D eigenvalue weighted by Crippen LogP contribution is -2.23. The second kappa shape index (κ2) is 7.65. The number of para-hydroxylation sites is 2. The molecule has 0 spiro atoms. The van der Waals surface area contributed by atoms with Crippen molar-refractivity contribution in [3.63, 3.8) is 0 Å². The Bertz CT molecular complexity index is 932. The highest BCUT2D eigenvalue weighted by Gasteiger charge is 2.12. The molecule has 132 valence electrons. The monoisotopic (exact) mass is 348 g/mol. The zero-order valence-corrected chi connectivity index (χ0v) is 14.7. The highest BCUT2D eigenvalue weighted by Crippen LogP contribution is 2.18. The summed E-state index contributed by atoms with van der Waals surface area (Å²) in [6.07, 6.45) is 1.69. The van der Waals surface area contributed by atoms with E-state index in [1.54, 1.807) is 30.5 Å². The van der Waals surface area contributed by atoms with Crippen molar-refractivity contribution in [3.8, 4) is 5.69 Å². The minimum atomic E-state index is -0.231. The van der Waals surface area contributed by atoms with Crippen molar-refractivity contribution in [1.29, 1.82) is 0 Å². The molecule has 0 bridgehead atoms. The number of carbonyl (C=O) groups is 2. The maximum Gasteiger partial charge on any atom is 0.243 e. The number of nitrogens with one attached hydrogen (secondary N) is 2. The van der Waals surface area contributed by atoms with Crippen molar-refractivity contribution in [2.24, 2.45) is 0 Å². The topological polar surface area (TPSA) is 76.0 Å². The highest BCUT2D eigenvalue weighted by molar-refractivity contribution is 6.04. The minimum absolute atomic E-state index is 0.0769. The average Bonchev–Trinajstić information content (AvgIpc) is 3.01. The number of carbonyl (C=O) groups excluding carboxylic acids is 2. The van der Waals surface area contributed by atoms with Crippen molar-refractivity contribution in [2.45, 2.75) is 13.8 Å². The first-order chi connectivity index (χ1) is 12.6. The van der Waals surface area contributed by atoms with Gasteiger partial charge in [0.2, 0.25) is 5.91 Å². The molecule has 0 aliphatic rings. The molecule has 26 heavy (non-hydrogen) atoms. The fraction of sp³-hybridized carbons (Fsp3) is 0.150. The molecule has 1 amide bonds. The molecule has 1 aromatic heterocycles. The van der Waals surface area contributed by atoms with E-state index in [0.29, 0.717) is 11.3 Å². The van der Waals surface area contributed by atoms with E-state index < -0.39 is 0 Å². The lowest BCUT2D eigenvalue weighted by molar-refractivity contribution is -0.114. The van der Waals surface area contributed by atoms with E-state index in [9.17, 15) is 9.59 Å². The number of rotatable bonds is 6. The van der Waals surface area contributed by atoms with Crippen LogP contribution in [0, 0.1) is 6.92 Å². The van der Waals surface area contributed by atoms with Gasteiger partial charge in [0.1, 0.15) is 0 Å². The largest absolute Gasteiger partial charge is 0.373 e. The van der Waals surface area contributed by atoms with Crippen molar-refractivity contribution >= 4 is 23.1 Å². The second-order valence-electron chi connectivity index (χ2n) is 5.89. The molecule has 6 nitrogen and oxygen atoms in total. The normalized spacial score (nSPS) is 10.4. The van der Waals surface area contributed by atoms with Gasteiger partial charge >= 0.3 is 0 Å². The summed E-state index contributed by atoms with van der Waals surface area (Å²) in [6, 6.07) is 16.7. The molecule has 0 aliphatic heterocycles. The first kappa shape index (κ1) is 17.4. The van der Waals surface area contributed by atoms with Crippen molar-refractivity contribution in [2.75, 3.05) is 17.2 Å². The molecule has 2 aromatic carbocycles. The van der Waals surface area contributed by atoms with Crippen LogP contribution in [0.15, 0.2) is 60.8 Å². The molecular weight excluding hydrogens is 328 g/mol. The Kier molecular flexibility index (Phi) is 5.12. The Morgan fingerprint density at radius 1 is 1.00 bits per heavy atom. The van der Waals surface area contributed by atoms with Gasteiger partial charge in [-0.15, -0.1) is 0 Å². The molecule has 0 unspecified atom stereocenters. The predicted molar refractivity (Wildman–Crippen MR) is 102 cm³/mol. The van der Waals surface area contributed by atoms with Crippen LogP contribution < -0.4 is 10.6 Å². The molecule has 1 heterocycles. The van der Waals surface area contributed by atoms with E-state index in [0.717, 1.165) is 17.1 Å². The highest BCUT2D eigenvalue weighted by atomic mass is 16.2. The number of benzene rings is 2. The predicted octanol–water partition coefficient (Wildman–Crippen LogP) is 3.43. The summed E-state index contributed by atoms with van der Waals surface area (Å²) in [6.45, 7) is 3.49. The third kappa shape index (κ3) is 3.80. The number of anilines is 2. The van der Waals surface area contributed by atoms with Crippen molar-refractivity contribution < 1.29 is 9.59 Å². The van der Waals surface area contributed by atoms with Crippen LogP contribution >= 0.6 is 0 Å². The molecule has 2 N–H and O–H groups in total. The molecule has 0 radical (unpaired) electrons. The fourth-order valence-corrected chi connectivity index (χ4v) is 2.68. The average molecular weight is 348 g/mol. The molecule has 3 rings (SSSR count). The first-order valence-electron chi connectivity index (χ1n) is 8.30. The smallest absolute Gasteiger partial charge is 0.243 e. The molecular formula is C20H20N4O2. The summed E-state index contributed by atoms with van der Waals surface area (Å²) in [5.41, 5.74) is 3.66. The second-order valence-corrected chi connectivity index (χ2v) is 5.89. The molecule has 0 atom stereocenters. The van der Waals surface area contributed by atoms with E-state index in [1.165, 1.54) is 6.92 Å². The van der Waals surface area contributed by atoms with Gasteiger partial charge < -0.3 is 10.6 Å². The standard InChI is InChI=1S/C20H20N4O2/c1-14-19(12-22-24(14)16-8-4-3-5-9-16)21-13-20(26)23-18-11-7-6-10-17(18)15(2)25/h3-12,21H,13H2,1-2H3,(H,23,26). The zero-order chi connectivity index (χ0) is 18.5. The van der Waals surface area contributed by atoms with E-state index >= 15 is 0 Å². The summed E-state index contributed by atoms with van der Waals surface area (Å²) < 4.78 is 1.81. The molecule has 0 saturated carbocycles. The summed E-state index contributed by atoms with van der Waals surface area (Å²) in [5, 5.41) is 10.2. The van der Waals surface area contributed by atoms with Gasteiger partial charge in [0.15, 0.2) is 5.78 Å². The van der Waals surface area contributed by atoms with Crippen LogP contribution in [0.5, 0.6) is 0 Å². The van der Waals surface area contributed by atoms with Crippen molar-refractivity contribution in [1.82, 2.24) is 9.78 Å². The summed E-state index contributed by atoms with van der Waals surface area (Å²) in [5.74, 6) is -0.320. The molecule has 0 fully saturated rings. The quantitative estimate of drug-likeness (QED) is 0.669. The molecule has 3 aromatic rings. The summed E-state index contributed by atoms with van der Waals surface area (Å²) in [4.78, 5) is 23.9. The number of Topliss-reactive ketones (excluding diaryl/α,β-unsaturated/α-hetero) is 1. The number of ketones is 1. The van der Waals surface area contributed by atoms with Gasteiger partial charge in [-0.1, -0.05) is 30.3 Å². The Balaban J connectivity index is 1.66. The lowest BCUT2D eigenvalue weighted by Gasteiger charge is -2.10. The third-order valence-corrected chi connectivity index (χ3v) is 4.03. The number of hydrogen-bond acceptors (Lipinski definition) is 4. The Labute approximate surface area is 151 Å². The van der Waals surface area contributed by atoms with Gasteiger partial charge in [-0.05, 0) is 38.1 Å². The van der Waals surface area contributed by atoms with Crippen LogP contribution in [-0.2, 0) is 4.79 Å². The number of hydrogen-bond donors (Lipinski definition) is 2. The van der Waals surface area contributed by atoms with E-state index in [2.05, 4.69) is 15.7 Å². The van der Waals surface area contributed by atoms with Gasteiger partial charge in [0.05, 0.1) is 35.5 Å². The minimum Gasteiger partial charge on any atom is -0.373 e. The lowest BCUT2D eigenvalue weighted by atomic mass is 10.1. The van der Waals surface area contributed by atoms with Crippen LogP contribution in [0.25, 0.3) is 5.69 Å². The van der Waals surface area contributed by atoms with Crippen molar-refractivity contribution in [3.05, 3.63) is 72.1 Å². The van der Waals surface area contributed by atoms with Gasteiger partial charge in [0, 0.05) is 5.56 Å². The first-order valence-corrected chi connectivity index (χ1v) is 8.30. The van der Waals surface area contributed by atoms with Crippen LogP contribution in [0.4, 0.5) is 11.4 Å². The Hall–Kier alpha value is -3.41. The third-order valence-electron chi connectivity index (χ3n) is 4.03. The Morgan fingerprint density at radius 2 is 1.69 bits per heavy atom. The van der Waals surface area contributed by atoms with Gasteiger partial charge in [0.25, 0.3) is 0 Å². The number of aromatic nitrogens is 2. The summed E-state index contributed by atoms with van der Waals surface area (Å²) in [7, 11) is 0. The number of nitrogens with zero attached hydrogens (tertiary/aromatic N) is 2. The van der Waals surface area contributed by atoms with Crippen LogP contribution in [0.3, 0.4) is 0 Å². The van der Waals surface area contributed by atoms with Crippen LogP contribution in [-0.4, -0.2) is 28.0 Å². The van der Waals surface area contributed by atoms with Gasteiger partial charge in [-0.25, -0.2) is 4.68 Å². The fourth-order valence-electron chi connectivity index (χ4n) is 2.68. The van der Waals surface area contributed by atoms with Crippen LogP contribution in [0.2, 0.25) is 0 Å².